The molecular weight excluding hydrogens is 1860 g/mol. The van der Waals surface area contributed by atoms with Gasteiger partial charge in [-0.2, -0.15) is 0 Å². The Balaban J connectivity index is 0.000000269. The lowest BCUT2D eigenvalue weighted by atomic mass is 9.85. The number of carbonyl (C=O) groups excluding carboxylic acids is 4. The van der Waals surface area contributed by atoms with Gasteiger partial charge in [-0.05, 0) is 104 Å². The van der Waals surface area contributed by atoms with Crippen LogP contribution in [0.3, 0.4) is 0 Å². The minimum absolute atomic E-state index is 0. The van der Waals surface area contributed by atoms with Gasteiger partial charge >= 0.3 is 0 Å². The van der Waals surface area contributed by atoms with Gasteiger partial charge in [0.1, 0.15) is 32.4 Å². The third-order valence-corrected chi connectivity index (χ3v) is 21.0. The van der Waals surface area contributed by atoms with Gasteiger partial charge in [-0.3, -0.25) is 38.4 Å². The van der Waals surface area contributed by atoms with E-state index in [1.54, 1.807) is 141 Å². The molecule has 0 saturated heterocycles. The number of nitrogens with two attached hydrogens (primary N) is 1. The second kappa shape index (κ2) is 54.2. The Kier molecular flexibility index (Phi) is 45.0. The van der Waals surface area contributed by atoms with Gasteiger partial charge in [-0.15, -0.1) is 12.4 Å². The lowest BCUT2D eigenvalue weighted by molar-refractivity contribution is -0.114. The molecule has 0 radical (unpaired) electrons. The minimum Gasteiger partial charge on any atom is -0.503 e. The molecule has 34 heteroatoms. The van der Waals surface area contributed by atoms with Crippen LogP contribution in [-0.4, -0.2) is 106 Å². The summed E-state index contributed by atoms with van der Waals surface area (Å²) in [7, 11) is 6.07. The third kappa shape index (κ3) is 35.2. The molecule has 7 aromatic carbocycles. The molecule has 0 saturated carbocycles. The number of methoxy groups -OCH3 is 4. The zero-order valence-corrected chi connectivity index (χ0v) is 83.1. The topological polar surface area (TPSA) is 402 Å². The SMILES string of the molecule is CC(C)(C)C(O)c1cn2ccn(Cc3cccc(Cl)c3)c(=O)c2c(O)c1=O.CC(C)(C)C(O)c1coc(C(=O)NCc2cccc(Cl)c2)c(OCc2ccccc2)c1=O.CC(C)(C)C=O.COC(CN)OC.COC(Cn1cc(C(O)C(C)(C)C)c(=O)c(OCc2ccccc2)c1C(=O)NCc1cccc(Cl)c1)OC.Cl.O=C(NCc1cccc(Cl)c1)c1occc(=O)c1OCc1ccccc1. The number of benzene rings is 7. The average molecular weight is 1990 g/mol. The molecule has 0 fully saturated rings. The summed E-state index contributed by atoms with van der Waals surface area (Å²) in [5.74, 6) is -3.27. The minimum atomic E-state index is -1.12. The molecular formula is C103H120Cl5N7O22. The van der Waals surface area contributed by atoms with Gasteiger partial charge in [0, 0.05) is 122 Å². The number of nitrogens with one attached hydrogen (secondary N) is 3. The van der Waals surface area contributed by atoms with Crippen LogP contribution >= 0.6 is 58.8 Å². The zero-order valence-electron chi connectivity index (χ0n) is 79.2. The van der Waals surface area contributed by atoms with Crippen molar-refractivity contribution in [1.82, 2.24) is 29.5 Å². The summed E-state index contributed by atoms with van der Waals surface area (Å²) >= 11 is 24.0. The van der Waals surface area contributed by atoms with Crippen molar-refractivity contribution in [2.75, 3.05) is 35.0 Å². The van der Waals surface area contributed by atoms with Crippen LogP contribution in [0.15, 0.2) is 264 Å². The number of ether oxygens (including phenoxy) is 7. The van der Waals surface area contributed by atoms with Gasteiger partial charge in [-0.25, -0.2) is 0 Å². The Morgan fingerprint density at radius 2 is 0.810 bits per heavy atom. The van der Waals surface area contributed by atoms with Crippen molar-refractivity contribution >= 4 is 88.3 Å². The highest BCUT2D eigenvalue weighted by Gasteiger charge is 2.35. The first-order valence-electron chi connectivity index (χ1n) is 43.0. The van der Waals surface area contributed by atoms with Crippen LogP contribution in [0.2, 0.25) is 20.1 Å². The fraction of sp³-hybridized carbons (Fsp3) is 0.330. The fourth-order valence-electron chi connectivity index (χ4n) is 12.5. The van der Waals surface area contributed by atoms with Crippen LogP contribution < -0.4 is 63.2 Å². The number of aldehydes is 1. The molecule has 12 aromatic rings. The van der Waals surface area contributed by atoms with Gasteiger partial charge in [0.2, 0.25) is 44.7 Å². The fourth-order valence-corrected chi connectivity index (χ4v) is 13.3. The quantitative estimate of drug-likeness (QED) is 0.0153. The molecule has 5 heterocycles. The molecule has 3 atom stereocenters. The summed E-state index contributed by atoms with van der Waals surface area (Å²) in [4.78, 5) is 113. The van der Waals surface area contributed by atoms with Crippen molar-refractivity contribution in [3.63, 3.8) is 0 Å². The summed E-state index contributed by atoms with van der Waals surface area (Å²) in [6, 6.07) is 57.5. The maximum atomic E-state index is 13.7. The summed E-state index contributed by atoms with van der Waals surface area (Å²) in [6.45, 7) is 23.5. The number of nitrogens with zero attached hydrogens (tertiary/aromatic N) is 3. The first-order valence-corrected chi connectivity index (χ1v) is 44.5. The molecule has 0 aliphatic heterocycles. The molecule has 3 unspecified atom stereocenters. The maximum absolute atomic E-state index is 13.7. The van der Waals surface area contributed by atoms with Crippen molar-refractivity contribution in [3.8, 4) is 23.0 Å². The van der Waals surface area contributed by atoms with E-state index in [2.05, 4.69) is 16.0 Å². The first-order chi connectivity index (χ1) is 64.3. The second-order valence-corrected chi connectivity index (χ2v) is 37.1. The Morgan fingerprint density at radius 1 is 0.445 bits per heavy atom. The summed E-state index contributed by atoms with van der Waals surface area (Å²) in [5, 5.41) is 53.0. The van der Waals surface area contributed by atoms with Gasteiger partial charge in [0.25, 0.3) is 23.3 Å². The number of hydrogen-bond acceptors (Lipinski definition) is 23. The zero-order chi connectivity index (χ0) is 100. The van der Waals surface area contributed by atoms with Gasteiger partial charge in [-0.1, -0.05) is 269 Å². The number of aromatic hydroxyl groups is 1. The highest BCUT2D eigenvalue weighted by Crippen LogP contribution is 2.36. The number of pyridine rings is 2. The van der Waals surface area contributed by atoms with Crippen LogP contribution in [0.4, 0.5) is 0 Å². The van der Waals surface area contributed by atoms with E-state index in [1.165, 1.54) is 52.5 Å². The molecule has 0 aliphatic carbocycles. The first kappa shape index (κ1) is 114. The Morgan fingerprint density at radius 3 is 1.20 bits per heavy atom. The number of aliphatic hydroxyl groups excluding tert-OH is 3. The van der Waals surface area contributed by atoms with E-state index in [0.717, 1.165) is 51.5 Å². The predicted octanol–water partition coefficient (Wildman–Crippen LogP) is 17.6. The van der Waals surface area contributed by atoms with Gasteiger partial charge in [0.05, 0.1) is 43.2 Å². The number of carbonyl (C=O) groups is 4. The van der Waals surface area contributed by atoms with Crippen molar-refractivity contribution in [2.24, 2.45) is 27.4 Å². The Hall–Kier alpha value is -12.0. The summed E-state index contributed by atoms with van der Waals surface area (Å²) in [6.07, 6.45) is 4.99. The van der Waals surface area contributed by atoms with Crippen molar-refractivity contribution in [1.29, 1.82) is 0 Å². The standard InChI is InChI=1S/C29H35ClN2O6.C25H26ClNO5.C20H21ClN2O4.C20H16ClNO4.C5H10O.C4H11NO2.ClH/c1-29(2,3)27(34)22-16-32(17-23(36-4)37-5)24(28(35)31-15-20-12-9-13-21(30)14-20)26(25(22)33)38-18-19-10-7-6-8-11-19;1-25(2,3)23(29)19-15-32-22(24(30)27-13-17-10-7-11-18(26)12-17)21(20(19)28)31-14-16-8-5-4-6-9-16;1-20(2,3)18(26)14-11-22-7-8-23(10-12-5-4-6-13(21)9-12)19(27)15(22)17(25)16(14)24;21-16-8-4-7-15(11-16)12-22-20(24)19-18(17(23)9-10-25-19)26-13-14-5-2-1-3-6-14;1-5(2,3)4-6;1-6-4(3-5)7-2;/h6-14,16,23,27,34H,15,17-18H2,1-5H3,(H,31,35);4-12,15,23,29H,13-14H2,1-3H3,(H,27,30);4-9,11,18,25-26H,10H2,1-3H3;1-11H,12-13H2,(H,22,24);4H,1-3H3;4H,3,5H2,1-2H3;1H. The maximum Gasteiger partial charge on any atom is 0.291 e. The second-order valence-electron chi connectivity index (χ2n) is 35.3. The summed E-state index contributed by atoms with van der Waals surface area (Å²) in [5.41, 5.74) is 6.14. The van der Waals surface area contributed by atoms with Crippen molar-refractivity contribution in [2.45, 2.75) is 167 Å². The molecule has 9 N–H and O–H groups in total. The van der Waals surface area contributed by atoms with Crippen molar-refractivity contribution in [3.05, 3.63) is 376 Å². The number of aromatic nitrogens is 3. The van der Waals surface area contributed by atoms with E-state index in [9.17, 15) is 63.6 Å². The van der Waals surface area contributed by atoms with E-state index < -0.39 is 91.6 Å². The van der Waals surface area contributed by atoms with E-state index in [0.29, 0.717) is 26.6 Å². The van der Waals surface area contributed by atoms with Crippen LogP contribution in [0, 0.1) is 21.7 Å². The van der Waals surface area contributed by atoms with E-state index >= 15 is 0 Å². The van der Waals surface area contributed by atoms with Gasteiger partial charge < -0.3 is 102 Å². The van der Waals surface area contributed by atoms with Crippen molar-refractivity contribution < 1.29 is 81.6 Å². The molecule has 137 heavy (non-hydrogen) atoms. The average Bonchev–Trinajstić information content (AvgIpc) is 0.762. The monoisotopic (exact) mass is 1980 g/mol. The highest BCUT2D eigenvalue weighted by molar-refractivity contribution is 6.31. The predicted molar refractivity (Wildman–Crippen MR) is 532 cm³/mol. The molecule has 5 aromatic heterocycles. The van der Waals surface area contributed by atoms with E-state index in [1.807, 2.05) is 157 Å². The third-order valence-electron chi connectivity index (χ3n) is 20.0. The van der Waals surface area contributed by atoms with Crippen LogP contribution in [0.1, 0.15) is 189 Å². The molecule has 12 rings (SSSR count). The number of halogens is 5. The number of fused-ring (bicyclic) bond motifs is 1. The van der Waals surface area contributed by atoms with E-state index in [-0.39, 0.29) is 133 Å². The number of amides is 3. The number of hydrogen-bond donors (Lipinski definition) is 8. The molecule has 0 bridgehead atoms. The Bertz CT molecular complexity index is 6240. The molecule has 29 nitrogen and oxygen atoms in total. The lowest BCUT2D eigenvalue weighted by Gasteiger charge is -2.28. The lowest BCUT2D eigenvalue weighted by Crippen LogP contribution is -2.35. The number of rotatable bonds is 30. The molecule has 0 spiro atoms. The largest absolute Gasteiger partial charge is 0.503 e. The van der Waals surface area contributed by atoms with Gasteiger partial charge in [0.15, 0.2) is 35.3 Å². The summed E-state index contributed by atoms with van der Waals surface area (Å²) < 4.78 is 52.6. The molecule has 0 aliphatic rings. The van der Waals surface area contributed by atoms with Crippen LogP contribution in [0.5, 0.6) is 23.0 Å². The Labute approximate surface area is 821 Å². The van der Waals surface area contributed by atoms with Crippen LogP contribution in [-0.2, 0) is 76.3 Å². The molecule has 3 amide bonds. The highest BCUT2D eigenvalue weighted by atomic mass is 35.5. The molecule has 734 valence electrons. The number of aliphatic hydroxyl groups is 3. The van der Waals surface area contributed by atoms with Crippen LogP contribution in [0.25, 0.3) is 5.52 Å². The smallest absolute Gasteiger partial charge is 0.291 e. The normalized spacial score (nSPS) is 11.9. The van der Waals surface area contributed by atoms with E-state index in [4.69, 9.17) is 94.1 Å².